The Morgan fingerprint density at radius 1 is 1.55 bits per heavy atom. The number of nitrogens with zero attached hydrogens (tertiary/aromatic N) is 4. The van der Waals surface area contributed by atoms with E-state index in [0.717, 1.165) is 5.82 Å². The number of anilines is 1. The van der Waals surface area contributed by atoms with E-state index in [1.807, 2.05) is 0 Å². The smallest absolute Gasteiger partial charge is 0.305 e. The third-order valence-electron chi connectivity index (χ3n) is 1.40. The zero-order valence-corrected chi connectivity index (χ0v) is 5.73. The summed E-state index contributed by atoms with van der Waals surface area (Å²) in [5.74, 6) is 6.52. The number of hydrazine groups is 1. The Hall–Kier alpha value is -1.56. The molecule has 0 radical (unpaired) electrons. The van der Waals surface area contributed by atoms with E-state index in [0.29, 0.717) is 12.5 Å². The Labute approximate surface area is 62.7 Å². The lowest BCUT2D eigenvalue weighted by molar-refractivity contribution is -0.732. The van der Waals surface area contributed by atoms with Crippen LogP contribution in [-0.2, 0) is 6.67 Å². The van der Waals surface area contributed by atoms with Gasteiger partial charge in [0.25, 0.3) is 0 Å². The molecule has 2 rings (SSSR count). The first-order chi connectivity index (χ1) is 5.40. The molecule has 0 aromatic carbocycles. The topological polar surface area (TPSA) is 79.5 Å². The summed E-state index contributed by atoms with van der Waals surface area (Å²) in [5, 5.41) is 11.7. The van der Waals surface area contributed by atoms with E-state index < -0.39 is 0 Å². The van der Waals surface area contributed by atoms with Crippen molar-refractivity contribution < 1.29 is 4.68 Å². The fourth-order valence-corrected chi connectivity index (χ4v) is 0.884. The van der Waals surface area contributed by atoms with Crippen LogP contribution in [0, 0.1) is 0 Å². The second-order valence-electron chi connectivity index (χ2n) is 2.10. The van der Waals surface area contributed by atoms with Gasteiger partial charge in [0.15, 0.2) is 5.82 Å². The summed E-state index contributed by atoms with van der Waals surface area (Å²) in [5.41, 5.74) is 2.44. The van der Waals surface area contributed by atoms with Crippen molar-refractivity contribution in [2.75, 3.05) is 5.43 Å². The summed E-state index contributed by atoms with van der Waals surface area (Å²) in [6.07, 6.45) is 0. The van der Waals surface area contributed by atoms with Gasteiger partial charge in [0, 0.05) is 6.07 Å². The minimum absolute atomic E-state index is 0.477. The number of hydrogen-bond acceptors (Lipinski definition) is 5. The zero-order valence-electron chi connectivity index (χ0n) is 5.73. The molecule has 1 aliphatic heterocycles. The molecular weight excluding hydrogens is 144 g/mol. The summed E-state index contributed by atoms with van der Waals surface area (Å²) in [7, 11) is 0. The molecule has 6 heteroatoms. The summed E-state index contributed by atoms with van der Waals surface area (Å²) in [6.45, 7) is 0.477. The van der Waals surface area contributed by atoms with Crippen LogP contribution in [-0.4, -0.2) is 5.10 Å². The fourth-order valence-electron chi connectivity index (χ4n) is 0.884. The first kappa shape index (κ1) is 6.17. The molecule has 0 saturated carbocycles. The van der Waals surface area contributed by atoms with Gasteiger partial charge in [-0.05, 0) is 11.2 Å². The number of azo groups is 1. The summed E-state index contributed by atoms with van der Waals surface area (Å²) >= 11 is 0. The first-order valence-corrected chi connectivity index (χ1v) is 3.15. The van der Waals surface area contributed by atoms with Crippen molar-refractivity contribution in [2.24, 2.45) is 16.1 Å². The fraction of sp³-hybridized carbons (Fsp3) is 0.200. The molecule has 0 atom stereocenters. The van der Waals surface area contributed by atoms with Gasteiger partial charge >= 0.3 is 5.82 Å². The number of hydrogen-bond donors (Lipinski definition) is 2. The highest BCUT2D eigenvalue weighted by molar-refractivity contribution is 5.33. The summed E-state index contributed by atoms with van der Waals surface area (Å²) in [6, 6.07) is 3.55. The molecule has 0 unspecified atom stereocenters. The third kappa shape index (κ3) is 0.926. The predicted octanol–water partition coefficient (Wildman–Crippen LogP) is -0.291. The van der Waals surface area contributed by atoms with Crippen molar-refractivity contribution in [1.29, 1.82) is 0 Å². The van der Waals surface area contributed by atoms with Gasteiger partial charge in [-0.1, -0.05) is 5.10 Å². The normalized spacial score (nSPS) is 13.2. The van der Waals surface area contributed by atoms with Crippen molar-refractivity contribution in [3.8, 4) is 0 Å². The van der Waals surface area contributed by atoms with Crippen LogP contribution in [0.2, 0.25) is 0 Å². The van der Waals surface area contributed by atoms with E-state index in [2.05, 4.69) is 20.8 Å². The lowest BCUT2D eigenvalue weighted by Gasteiger charge is -1.94. The highest BCUT2D eigenvalue weighted by Gasteiger charge is 2.17. The minimum atomic E-state index is 0.477. The van der Waals surface area contributed by atoms with Gasteiger partial charge in [-0.2, -0.15) is 0 Å². The minimum Gasteiger partial charge on any atom is -0.305 e. The second kappa shape index (κ2) is 2.24. The molecule has 0 fully saturated rings. The molecule has 1 aromatic heterocycles. The number of nitrogens with one attached hydrogen (secondary N) is 1. The van der Waals surface area contributed by atoms with Crippen LogP contribution in [0.1, 0.15) is 0 Å². The van der Waals surface area contributed by atoms with Gasteiger partial charge in [-0.3, -0.25) is 0 Å². The maximum absolute atomic E-state index is 5.16. The van der Waals surface area contributed by atoms with Gasteiger partial charge < -0.3 is 5.43 Å². The zero-order chi connectivity index (χ0) is 7.68. The van der Waals surface area contributed by atoms with E-state index in [1.54, 1.807) is 16.8 Å². The van der Waals surface area contributed by atoms with E-state index in [4.69, 9.17) is 5.84 Å². The molecular formula is C5H7N6+. The maximum atomic E-state index is 5.16. The van der Waals surface area contributed by atoms with Crippen molar-refractivity contribution in [1.82, 2.24) is 5.10 Å². The van der Waals surface area contributed by atoms with Crippen molar-refractivity contribution in [2.45, 2.75) is 6.67 Å². The van der Waals surface area contributed by atoms with Crippen LogP contribution in [0.25, 0.3) is 0 Å². The maximum Gasteiger partial charge on any atom is 0.372 e. The molecule has 0 saturated heterocycles. The van der Waals surface area contributed by atoms with Crippen LogP contribution in [0.4, 0.5) is 11.6 Å². The summed E-state index contributed by atoms with van der Waals surface area (Å²) < 4.78 is 1.66. The van der Waals surface area contributed by atoms with E-state index >= 15 is 0 Å². The third-order valence-corrected chi connectivity index (χ3v) is 1.40. The molecule has 0 aliphatic carbocycles. The standard InChI is InChI=1S/C5H6N6/c6-8-4-1-2-5-9-7-3-11(5)10-4/h1-2,6H,3H2,(H,7,10)/p+1. The van der Waals surface area contributed by atoms with Gasteiger partial charge in [-0.15, -0.1) is 4.68 Å². The SMILES string of the molecule is NNc1ccc2[n+](n1)CN=N2. The number of nitrogens with two attached hydrogens (primary N) is 1. The molecule has 3 N–H and O–H groups in total. The lowest BCUT2D eigenvalue weighted by Crippen LogP contribution is -2.35. The average molecular weight is 151 g/mol. The number of nitrogen functional groups attached to an aromatic ring is 1. The molecule has 0 spiro atoms. The molecule has 56 valence electrons. The van der Waals surface area contributed by atoms with Crippen LogP contribution in [0.15, 0.2) is 22.4 Å². The molecule has 6 nitrogen and oxygen atoms in total. The van der Waals surface area contributed by atoms with Crippen molar-refractivity contribution >= 4 is 11.6 Å². The van der Waals surface area contributed by atoms with Crippen LogP contribution >= 0.6 is 0 Å². The number of fused-ring (bicyclic) bond motifs is 1. The molecule has 1 aliphatic rings. The Balaban J connectivity index is 2.45. The number of aromatic nitrogens is 2. The monoisotopic (exact) mass is 151 g/mol. The van der Waals surface area contributed by atoms with Crippen molar-refractivity contribution in [3.63, 3.8) is 0 Å². The van der Waals surface area contributed by atoms with Crippen LogP contribution < -0.4 is 16.0 Å². The van der Waals surface area contributed by atoms with Gasteiger partial charge in [0.1, 0.15) is 0 Å². The van der Waals surface area contributed by atoms with E-state index in [9.17, 15) is 0 Å². The highest BCUT2D eigenvalue weighted by atomic mass is 15.5. The second-order valence-corrected chi connectivity index (χ2v) is 2.10. The van der Waals surface area contributed by atoms with Crippen LogP contribution in [0.5, 0.6) is 0 Å². The van der Waals surface area contributed by atoms with Gasteiger partial charge in [0.2, 0.25) is 6.67 Å². The van der Waals surface area contributed by atoms with Crippen LogP contribution in [0.3, 0.4) is 0 Å². The lowest BCUT2D eigenvalue weighted by atomic mass is 10.5. The van der Waals surface area contributed by atoms with E-state index in [-0.39, 0.29) is 0 Å². The first-order valence-electron chi connectivity index (χ1n) is 3.15. The largest absolute Gasteiger partial charge is 0.372 e. The molecule has 0 amide bonds. The quantitative estimate of drug-likeness (QED) is 0.329. The Bertz CT molecular complexity index is 306. The highest BCUT2D eigenvalue weighted by Crippen LogP contribution is 2.10. The van der Waals surface area contributed by atoms with Gasteiger partial charge in [0.05, 0.1) is 5.11 Å². The molecule has 1 aromatic rings. The number of rotatable bonds is 1. The Kier molecular flexibility index (Phi) is 1.26. The Morgan fingerprint density at radius 3 is 3.27 bits per heavy atom. The molecule has 0 bridgehead atoms. The summed E-state index contributed by atoms with van der Waals surface area (Å²) in [4.78, 5) is 0. The average Bonchev–Trinajstić information content (AvgIpc) is 2.50. The van der Waals surface area contributed by atoms with Crippen molar-refractivity contribution in [3.05, 3.63) is 12.1 Å². The molecule has 11 heavy (non-hydrogen) atoms. The van der Waals surface area contributed by atoms with Gasteiger partial charge in [-0.25, -0.2) is 5.84 Å². The Morgan fingerprint density at radius 2 is 2.45 bits per heavy atom. The van der Waals surface area contributed by atoms with E-state index in [1.165, 1.54) is 0 Å². The molecule has 2 heterocycles. The predicted molar refractivity (Wildman–Crippen MR) is 36.8 cm³/mol.